The number of benzene rings is 2. The number of rotatable bonds is 4. The summed E-state index contributed by atoms with van der Waals surface area (Å²) < 4.78 is 0. The van der Waals surface area contributed by atoms with Crippen LogP contribution in [-0.2, 0) is 20.8 Å². The zero-order chi connectivity index (χ0) is 16.8. The molecule has 2 aromatic rings. The van der Waals surface area contributed by atoms with Crippen molar-refractivity contribution in [1.82, 2.24) is 4.90 Å². The van der Waals surface area contributed by atoms with Crippen LogP contribution in [-0.4, -0.2) is 44.8 Å². The van der Waals surface area contributed by atoms with Gasteiger partial charge in [0.15, 0.2) is 5.78 Å². The first kappa shape index (κ1) is 15.2. The maximum atomic E-state index is 12.6. The van der Waals surface area contributed by atoms with Crippen LogP contribution in [0.1, 0.15) is 5.56 Å². The third-order valence-corrected chi connectivity index (χ3v) is 6.01. The van der Waals surface area contributed by atoms with Gasteiger partial charge in [-0.1, -0.05) is 42.5 Å². The molecule has 6 heteroatoms. The zero-order valence-electron chi connectivity index (χ0n) is 12.7. The molecule has 2 aliphatic rings. The van der Waals surface area contributed by atoms with E-state index < -0.39 is 17.9 Å². The molecule has 1 amide bonds. The van der Waals surface area contributed by atoms with Gasteiger partial charge in [-0.2, -0.15) is 0 Å². The molecular formula is C18H15NO4S. The van der Waals surface area contributed by atoms with E-state index in [-0.39, 0.29) is 23.5 Å². The van der Waals surface area contributed by atoms with E-state index >= 15 is 0 Å². The van der Waals surface area contributed by atoms with Crippen molar-refractivity contribution in [3.63, 3.8) is 0 Å². The summed E-state index contributed by atoms with van der Waals surface area (Å²) in [7, 11) is 0. The zero-order valence-corrected chi connectivity index (χ0v) is 13.5. The van der Waals surface area contributed by atoms with Crippen LogP contribution in [0.2, 0.25) is 0 Å². The predicted molar refractivity (Wildman–Crippen MR) is 90.7 cm³/mol. The predicted octanol–water partition coefficient (Wildman–Crippen LogP) is 1.94. The van der Waals surface area contributed by atoms with Crippen LogP contribution in [0.5, 0.6) is 0 Å². The summed E-state index contributed by atoms with van der Waals surface area (Å²) in [4.78, 5) is 37.3. The third-order valence-electron chi connectivity index (χ3n) is 4.66. The van der Waals surface area contributed by atoms with Crippen molar-refractivity contribution >= 4 is 40.2 Å². The molecule has 122 valence electrons. The normalized spacial score (nSPS) is 25.4. The van der Waals surface area contributed by atoms with Crippen molar-refractivity contribution < 1.29 is 19.5 Å². The van der Waals surface area contributed by atoms with Crippen molar-refractivity contribution in [2.24, 2.45) is 5.92 Å². The number of fused-ring (bicyclic) bond motifs is 2. The summed E-state index contributed by atoms with van der Waals surface area (Å²) in [5, 5.41) is 11.0. The van der Waals surface area contributed by atoms with Crippen LogP contribution in [0, 0.1) is 5.92 Å². The lowest BCUT2D eigenvalue weighted by Crippen LogP contribution is -2.63. The van der Waals surface area contributed by atoms with Crippen molar-refractivity contribution in [2.75, 3.05) is 5.75 Å². The van der Waals surface area contributed by atoms with E-state index in [1.807, 2.05) is 42.5 Å². The molecule has 0 bridgehead atoms. The first-order chi connectivity index (χ1) is 11.6. The molecule has 2 heterocycles. The first-order valence-electron chi connectivity index (χ1n) is 7.73. The number of carbonyl (C=O) groups excluding carboxylic acids is 2. The fourth-order valence-electron chi connectivity index (χ4n) is 3.41. The van der Waals surface area contributed by atoms with Gasteiger partial charge in [-0.05, 0) is 16.3 Å². The van der Waals surface area contributed by atoms with Gasteiger partial charge in [0, 0.05) is 12.2 Å². The van der Waals surface area contributed by atoms with E-state index in [0.717, 1.165) is 16.3 Å². The summed E-state index contributed by atoms with van der Waals surface area (Å²) in [5.41, 5.74) is 0.878. The minimum Gasteiger partial charge on any atom is -0.480 e. The molecule has 24 heavy (non-hydrogen) atoms. The highest BCUT2D eigenvalue weighted by Gasteiger charge is 2.59. The molecule has 0 aromatic heterocycles. The van der Waals surface area contributed by atoms with Gasteiger partial charge in [-0.25, -0.2) is 4.79 Å². The maximum Gasteiger partial charge on any atom is 0.327 e. The number of Topliss-reactive ketones (excluding diaryl/α,β-unsaturated/α-hetero) is 1. The lowest BCUT2D eigenvalue weighted by Gasteiger charge is -2.42. The van der Waals surface area contributed by atoms with Crippen LogP contribution >= 0.6 is 11.8 Å². The Kier molecular flexibility index (Phi) is 3.57. The molecule has 0 radical (unpaired) electrons. The summed E-state index contributed by atoms with van der Waals surface area (Å²) >= 11 is 1.39. The third kappa shape index (κ3) is 2.29. The number of hydrogen-bond donors (Lipinski definition) is 1. The standard InChI is InChI=1S/C18H15NO4S/c20-14(8-10-5-6-11-3-1-2-4-12(11)7-10)15-16(21)19-13(18(22)23)9-24-17(15)19/h1-7,13,15,17H,8-9H2,(H,22,23)/t13-,15+,17-/m0/s1. The van der Waals surface area contributed by atoms with Gasteiger partial charge in [-0.15, -0.1) is 11.8 Å². The van der Waals surface area contributed by atoms with E-state index in [9.17, 15) is 14.4 Å². The summed E-state index contributed by atoms with van der Waals surface area (Å²) in [6.07, 6.45) is 0.198. The minimum atomic E-state index is -1.00. The Balaban J connectivity index is 1.50. The van der Waals surface area contributed by atoms with Crippen molar-refractivity contribution in [3.8, 4) is 0 Å². The maximum absolute atomic E-state index is 12.6. The molecule has 0 saturated carbocycles. The summed E-state index contributed by atoms with van der Waals surface area (Å²) in [5.74, 6) is -1.83. The summed E-state index contributed by atoms with van der Waals surface area (Å²) in [6.45, 7) is 0. The topological polar surface area (TPSA) is 74.7 Å². The van der Waals surface area contributed by atoms with Gasteiger partial charge in [0.25, 0.3) is 0 Å². The van der Waals surface area contributed by atoms with Gasteiger partial charge >= 0.3 is 5.97 Å². The van der Waals surface area contributed by atoms with Gasteiger partial charge in [0.1, 0.15) is 12.0 Å². The van der Waals surface area contributed by atoms with E-state index in [4.69, 9.17) is 5.11 Å². The number of aliphatic carboxylic acids is 1. The van der Waals surface area contributed by atoms with Crippen LogP contribution in [0.25, 0.3) is 10.8 Å². The Morgan fingerprint density at radius 3 is 2.67 bits per heavy atom. The van der Waals surface area contributed by atoms with Gasteiger partial charge in [0.2, 0.25) is 5.91 Å². The number of β-lactam (4-membered cyclic amide) rings is 1. The number of amides is 1. The van der Waals surface area contributed by atoms with E-state index in [0.29, 0.717) is 5.75 Å². The van der Waals surface area contributed by atoms with Gasteiger partial charge in [0.05, 0.1) is 5.37 Å². The van der Waals surface area contributed by atoms with Crippen molar-refractivity contribution in [3.05, 3.63) is 48.0 Å². The highest BCUT2D eigenvalue weighted by molar-refractivity contribution is 8.00. The van der Waals surface area contributed by atoms with E-state index in [2.05, 4.69) is 0 Å². The second-order valence-corrected chi connectivity index (χ2v) is 7.28. The molecule has 0 aliphatic carbocycles. The molecule has 2 saturated heterocycles. The average molecular weight is 341 g/mol. The Morgan fingerprint density at radius 2 is 1.92 bits per heavy atom. The number of carboxylic acid groups (broad SMARTS) is 1. The van der Waals surface area contributed by atoms with Crippen LogP contribution in [0.3, 0.4) is 0 Å². The largest absolute Gasteiger partial charge is 0.480 e. The fourth-order valence-corrected chi connectivity index (χ4v) is 4.97. The van der Waals surface area contributed by atoms with Crippen LogP contribution in [0.15, 0.2) is 42.5 Å². The molecule has 0 spiro atoms. The SMILES string of the molecule is O=C(Cc1ccc2ccccc2c1)[C@@H]1C(=O)N2[C@H](C(=O)O)CS[C@@H]12. The van der Waals surface area contributed by atoms with Gasteiger partial charge in [-0.3, -0.25) is 9.59 Å². The molecule has 1 N–H and O–H groups in total. The number of nitrogens with zero attached hydrogens (tertiary/aromatic N) is 1. The van der Waals surface area contributed by atoms with Gasteiger partial charge < -0.3 is 10.0 Å². The quantitative estimate of drug-likeness (QED) is 0.679. The highest BCUT2D eigenvalue weighted by Crippen LogP contribution is 2.44. The van der Waals surface area contributed by atoms with Crippen molar-refractivity contribution in [1.29, 1.82) is 0 Å². The molecule has 4 rings (SSSR count). The van der Waals surface area contributed by atoms with Crippen LogP contribution in [0.4, 0.5) is 0 Å². The molecular weight excluding hydrogens is 326 g/mol. The molecule has 2 aliphatic heterocycles. The van der Waals surface area contributed by atoms with E-state index in [1.165, 1.54) is 16.7 Å². The molecule has 3 atom stereocenters. The van der Waals surface area contributed by atoms with Crippen molar-refractivity contribution in [2.45, 2.75) is 17.8 Å². The average Bonchev–Trinajstić information content (AvgIpc) is 2.94. The van der Waals surface area contributed by atoms with E-state index in [1.54, 1.807) is 0 Å². The first-order valence-corrected chi connectivity index (χ1v) is 8.78. The number of hydrogen-bond acceptors (Lipinski definition) is 4. The second-order valence-electron chi connectivity index (χ2n) is 6.13. The molecule has 5 nitrogen and oxygen atoms in total. The lowest BCUT2D eigenvalue weighted by atomic mass is 9.88. The number of thioether (sulfide) groups is 1. The molecule has 2 fully saturated rings. The second kappa shape index (κ2) is 5.63. The van der Waals surface area contributed by atoms with Crippen LogP contribution < -0.4 is 0 Å². The number of carboxylic acids is 1. The monoisotopic (exact) mass is 341 g/mol. The lowest BCUT2D eigenvalue weighted by molar-refractivity contribution is -0.164. The Bertz CT molecular complexity index is 865. The molecule has 2 aromatic carbocycles. The Labute approximate surface area is 142 Å². The fraction of sp³-hybridized carbons (Fsp3) is 0.278. The Morgan fingerprint density at radius 1 is 1.17 bits per heavy atom. The molecule has 0 unspecified atom stereocenters. The smallest absolute Gasteiger partial charge is 0.327 e. The highest BCUT2D eigenvalue weighted by atomic mass is 32.2. The Hall–Kier alpha value is -2.34. The number of ketones is 1. The number of carbonyl (C=O) groups is 3. The minimum absolute atomic E-state index is 0.130. The summed E-state index contributed by atoms with van der Waals surface area (Å²) in [6, 6.07) is 13.0.